The second kappa shape index (κ2) is 6.22. The first kappa shape index (κ1) is 15.4. The van der Waals surface area contributed by atoms with E-state index in [0.29, 0.717) is 18.4 Å². The molecule has 1 aliphatic carbocycles. The summed E-state index contributed by atoms with van der Waals surface area (Å²) in [5, 5.41) is 11.0. The van der Waals surface area contributed by atoms with Gasteiger partial charge in [0.15, 0.2) is 0 Å². The third-order valence-corrected chi connectivity index (χ3v) is 4.01. The number of nitrogens with zero attached hydrogens (tertiary/aromatic N) is 1. The number of carbonyl (C=O) groups excluding carboxylic acids is 1. The van der Waals surface area contributed by atoms with Crippen LogP contribution in [0.4, 0.5) is 5.69 Å². The maximum atomic E-state index is 12.3. The molecule has 1 unspecified atom stereocenters. The summed E-state index contributed by atoms with van der Waals surface area (Å²) < 4.78 is 5.40. The Balaban J connectivity index is 2.12. The van der Waals surface area contributed by atoms with Gasteiger partial charge in [-0.15, -0.1) is 0 Å². The average molecular weight is 292 g/mol. The van der Waals surface area contributed by atoms with E-state index in [9.17, 15) is 14.9 Å². The molecule has 0 spiro atoms. The fraction of sp³-hybridized carbons (Fsp3) is 0.533. The Morgan fingerprint density at radius 3 is 2.57 bits per heavy atom. The lowest BCUT2D eigenvalue weighted by Gasteiger charge is -2.32. The fourth-order valence-electron chi connectivity index (χ4n) is 2.73. The van der Waals surface area contributed by atoms with Crippen LogP contribution in [0.1, 0.15) is 50.7 Å². The molecule has 6 nitrogen and oxygen atoms in total. The highest BCUT2D eigenvalue weighted by Gasteiger charge is 2.38. The van der Waals surface area contributed by atoms with Crippen molar-refractivity contribution < 1.29 is 14.5 Å². The van der Waals surface area contributed by atoms with Crippen molar-refractivity contribution in [1.82, 2.24) is 0 Å². The number of para-hydroxylation sites is 1. The second-order valence-electron chi connectivity index (χ2n) is 5.58. The van der Waals surface area contributed by atoms with Crippen molar-refractivity contribution in [1.29, 1.82) is 0 Å². The van der Waals surface area contributed by atoms with Gasteiger partial charge in [0.2, 0.25) is 0 Å². The molecule has 1 aromatic rings. The Labute approximate surface area is 123 Å². The van der Waals surface area contributed by atoms with Crippen molar-refractivity contribution in [3.63, 3.8) is 0 Å². The molecule has 0 amide bonds. The quantitative estimate of drug-likeness (QED) is 0.523. The highest BCUT2D eigenvalue weighted by Crippen LogP contribution is 2.31. The van der Waals surface area contributed by atoms with E-state index in [0.717, 1.165) is 19.3 Å². The number of hydrogen-bond acceptors (Lipinski definition) is 5. The summed E-state index contributed by atoms with van der Waals surface area (Å²) in [6.45, 7) is 1.63. The molecule has 114 valence electrons. The summed E-state index contributed by atoms with van der Waals surface area (Å²) in [5.41, 5.74) is 5.51. The molecular weight excluding hydrogens is 272 g/mol. The fourth-order valence-corrected chi connectivity index (χ4v) is 2.73. The molecule has 2 N–H and O–H groups in total. The van der Waals surface area contributed by atoms with E-state index in [4.69, 9.17) is 10.5 Å². The zero-order chi connectivity index (χ0) is 15.5. The zero-order valence-electron chi connectivity index (χ0n) is 12.1. The number of nitro groups is 1. The summed E-state index contributed by atoms with van der Waals surface area (Å²) in [6.07, 6.45) is 3.41. The first-order chi connectivity index (χ1) is 9.94. The van der Waals surface area contributed by atoms with Crippen LogP contribution in [0.5, 0.6) is 0 Å². The van der Waals surface area contributed by atoms with Crippen LogP contribution in [0.3, 0.4) is 0 Å². The molecule has 1 aromatic carbocycles. The molecule has 0 bridgehead atoms. The Bertz CT molecular complexity index is 538. The number of ether oxygens (including phenoxy) is 1. The number of hydrogen-bond donors (Lipinski definition) is 1. The number of carbonyl (C=O) groups is 1. The molecule has 1 fully saturated rings. The van der Waals surface area contributed by atoms with E-state index in [-0.39, 0.29) is 5.69 Å². The van der Waals surface area contributed by atoms with E-state index in [1.54, 1.807) is 25.1 Å². The van der Waals surface area contributed by atoms with Crippen molar-refractivity contribution in [3.05, 3.63) is 39.9 Å². The maximum Gasteiger partial charge on any atom is 0.326 e. The Morgan fingerprint density at radius 1 is 1.33 bits per heavy atom. The van der Waals surface area contributed by atoms with Gasteiger partial charge in [-0.25, -0.2) is 0 Å². The maximum absolute atomic E-state index is 12.3. The number of benzene rings is 1. The number of rotatable bonds is 4. The minimum Gasteiger partial charge on any atom is -0.456 e. The average Bonchev–Trinajstić information content (AvgIpc) is 2.47. The van der Waals surface area contributed by atoms with Crippen molar-refractivity contribution in [2.24, 2.45) is 5.73 Å². The molecule has 0 saturated heterocycles. The Hall–Kier alpha value is -1.95. The van der Waals surface area contributed by atoms with Crippen molar-refractivity contribution in [2.45, 2.75) is 50.7 Å². The van der Waals surface area contributed by atoms with Gasteiger partial charge >= 0.3 is 5.97 Å². The highest BCUT2D eigenvalue weighted by atomic mass is 16.6. The van der Waals surface area contributed by atoms with Gasteiger partial charge in [-0.1, -0.05) is 31.4 Å². The molecule has 0 aliphatic heterocycles. The first-order valence-electron chi connectivity index (χ1n) is 7.17. The van der Waals surface area contributed by atoms with Gasteiger partial charge in [0.05, 0.1) is 10.5 Å². The van der Waals surface area contributed by atoms with Crippen molar-refractivity contribution in [3.8, 4) is 0 Å². The summed E-state index contributed by atoms with van der Waals surface area (Å²) in [4.78, 5) is 22.8. The number of esters is 1. The Kier molecular flexibility index (Phi) is 4.57. The SMILES string of the molecule is CC(OC(=O)C1(N)CCCCC1)c1ccccc1[N+](=O)[O-]. The Morgan fingerprint density at radius 2 is 1.95 bits per heavy atom. The topological polar surface area (TPSA) is 95.5 Å². The summed E-state index contributed by atoms with van der Waals surface area (Å²) in [5.74, 6) is -0.465. The molecule has 0 heterocycles. The third-order valence-electron chi connectivity index (χ3n) is 4.01. The number of nitrogens with two attached hydrogens (primary N) is 1. The minimum absolute atomic E-state index is 0.0486. The van der Waals surface area contributed by atoms with Crippen LogP contribution in [0.25, 0.3) is 0 Å². The van der Waals surface area contributed by atoms with Crippen molar-refractivity contribution in [2.75, 3.05) is 0 Å². The zero-order valence-corrected chi connectivity index (χ0v) is 12.1. The first-order valence-corrected chi connectivity index (χ1v) is 7.17. The van der Waals surface area contributed by atoms with Crippen LogP contribution in [0.2, 0.25) is 0 Å². The largest absolute Gasteiger partial charge is 0.456 e. The van der Waals surface area contributed by atoms with Gasteiger partial charge in [0.25, 0.3) is 5.69 Å². The monoisotopic (exact) mass is 292 g/mol. The van der Waals surface area contributed by atoms with E-state index in [1.807, 2.05) is 0 Å². The molecule has 0 radical (unpaired) electrons. The number of nitro benzene ring substituents is 1. The van der Waals surface area contributed by atoms with Crippen LogP contribution in [-0.4, -0.2) is 16.4 Å². The van der Waals surface area contributed by atoms with E-state index >= 15 is 0 Å². The molecule has 2 rings (SSSR count). The van der Waals surface area contributed by atoms with Crippen LogP contribution >= 0.6 is 0 Å². The van der Waals surface area contributed by atoms with Crippen LogP contribution < -0.4 is 5.73 Å². The van der Waals surface area contributed by atoms with Gasteiger partial charge in [0, 0.05) is 6.07 Å². The summed E-state index contributed by atoms with van der Waals surface area (Å²) in [6, 6.07) is 6.27. The predicted octanol–water partition coefficient (Wildman–Crippen LogP) is 2.86. The normalized spacial score (nSPS) is 18.8. The molecule has 21 heavy (non-hydrogen) atoms. The molecular formula is C15H20N2O4. The molecule has 1 aliphatic rings. The predicted molar refractivity (Wildman–Crippen MR) is 77.6 cm³/mol. The van der Waals surface area contributed by atoms with Crippen LogP contribution in [0, 0.1) is 10.1 Å². The second-order valence-corrected chi connectivity index (χ2v) is 5.58. The molecule has 1 atom stereocenters. The van der Waals surface area contributed by atoms with Crippen LogP contribution in [-0.2, 0) is 9.53 Å². The minimum atomic E-state index is -0.948. The van der Waals surface area contributed by atoms with Crippen molar-refractivity contribution >= 4 is 11.7 Å². The smallest absolute Gasteiger partial charge is 0.326 e. The van der Waals surface area contributed by atoms with Crippen LogP contribution in [0.15, 0.2) is 24.3 Å². The lowest BCUT2D eigenvalue weighted by Crippen LogP contribution is -2.50. The standard InChI is InChI=1S/C15H20N2O4/c1-11(12-7-3-4-8-13(12)17(19)20)21-14(18)15(16)9-5-2-6-10-15/h3-4,7-8,11H,2,5-6,9-10,16H2,1H3. The van der Waals surface area contributed by atoms with Gasteiger partial charge in [0.1, 0.15) is 11.6 Å². The molecule has 0 aromatic heterocycles. The molecule has 1 saturated carbocycles. The summed E-state index contributed by atoms with van der Waals surface area (Å²) >= 11 is 0. The lowest BCUT2D eigenvalue weighted by atomic mass is 9.82. The summed E-state index contributed by atoms with van der Waals surface area (Å²) in [7, 11) is 0. The van der Waals surface area contributed by atoms with Gasteiger partial charge in [-0.05, 0) is 25.8 Å². The van der Waals surface area contributed by atoms with Gasteiger partial charge in [-0.3, -0.25) is 14.9 Å². The third kappa shape index (κ3) is 3.39. The van der Waals surface area contributed by atoms with Gasteiger partial charge in [-0.2, -0.15) is 0 Å². The van der Waals surface area contributed by atoms with E-state index in [2.05, 4.69) is 0 Å². The van der Waals surface area contributed by atoms with E-state index in [1.165, 1.54) is 6.07 Å². The van der Waals surface area contributed by atoms with Gasteiger partial charge < -0.3 is 10.5 Å². The lowest BCUT2D eigenvalue weighted by molar-refractivity contribution is -0.386. The van der Waals surface area contributed by atoms with E-state index < -0.39 is 22.5 Å². The highest BCUT2D eigenvalue weighted by molar-refractivity contribution is 5.81. The molecule has 6 heteroatoms.